The fourth-order valence-electron chi connectivity index (χ4n) is 5.15. The minimum Gasteiger partial charge on any atom is -0.324 e. The van der Waals surface area contributed by atoms with Crippen LogP contribution in [0.25, 0.3) is 0 Å². The number of thioether (sulfide) groups is 1. The lowest BCUT2D eigenvalue weighted by atomic mass is 9.83. The molecular weight excluding hydrogens is 608 g/mol. The predicted octanol–water partition coefficient (Wildman–Crippen LogP) is 6.10. The third-order valence-electron chi connectivity index (χ3n) is 7.08. The van der Waals surface area contributed by atoms with Crippen molar-refractivity contribution in [3.05, 3.63) is 108 Å². The van der Waals surface area contributed by atoms with Gasteiger partial charge in [0, 0.05) is 16.5 Å². The van der Waals surface area contributed by atoms with Crippen molar-refractivity contribution in [1.29, 1.82) is 0 Å². The summed E-state index contributed by atoms with van der Waals surface area (Å²) in [6, 6.07) is 17.4. The van der Waals surface area contributed by atoms with Gasteiger partial charge in [-0.2, -0.15) is 0 Å². The molecule has 2 aliphatic rings. The van der Waals surface area contributed by atoms with Crippen LogP contribution in [0.15, 0.2) is 76.6 Å². The molecule has 0 aliphatic carbocycles. The quantitative estimate of drug-likeness (QED) is 0.270. The molecule has 0 spiro atoms. The number of fused-ring (bicyclic) bond motifs is 2. The molecule has 1 aromatic heterocycles. The van der Waals surface area contributed by atoms with Crippen molar-refractivity contribution in [3.63, 3.8) is 0 Å². The van der Waals surface area contributed by atoms with Crippen LogP contribution in [0, 0.1) is 18.7 Å². The number of aryl methyl sites for hydroxylation is 1. The van der Waals surface area contributed by atoms with E-state index in [4.69, 9.17) is 23.2 Å². The van der Waals surface area contributed by atoms with E-state index in [0.29, 0.717) is 31.9 Å². The molecule has 4 aromatic rings. The van der Waals surface area contributed by atoms with Gasteiger partial charge in [0.2, 0.25) is 17.7 Å². The van der Waals surface area contributed by atoms with E-state index in [0.717, 1.165) is 28.7 Å². The third-order valence-corrected chi connectivity index (χ3v) is 10.4. The summed E-state index contributed by atoms with van der Waals surface area (Å²) in [7, 11) is 0. The van der Waals surface area contributed by atoms with Gasteiger partial charge in [0.25, 0.3) is 0 Å². The van der Waals surface area contributed by atoms with Gasteiger partial charge in [0.05, 0.1) is 26.7 Å². The van der Waals surface area contributed by atoms with E-state index < -0.39 is 39.6 Å². The number of anilines is 2. The monoisotopic (exact) mass is 627 g/mol. The zero-order valence-corrected chi connectivity index (χ0v) is 24.4. The first-order chi connectivity index (χ1) is 19.6. The minimum absolute atomic E-state index is 0.265. The lowest BCUT2D eigenvalue weighted by Gasteiger charge is -2.30. The first kappa shape index (κ1) is 27.7. The van der Waals surface area contributed by atoms with Crippen molar-refractivity contribution >= 4 is 75.4 Å². The van der Waals surface area contributed by atoms with Crippen LogP contribution in [0.1, 0.15) is 21.9 Å². The Bertz CT molecular complexity index is 1770. The Morgan fingerprint density at radius 2 is 1.66 bits per heavy atom. The number of hydrogen-bond donors (Lipinski definition) is 1. The highest BCUT2D eigenvalue weighted by atomic mass is 35.5. The molecule has 2 aliphatic heterocycles. The summed E-state index contributed by atoms with van der Waals surface area (Å²) in [5, 5.41) is 2.90. The van der Waals surface area contributed by atoms with Crippen LogP contribution in [-0.2, 0) is 20.9 Å². The molecule has 0 radical (unpaired) electrons. The molecule has 0 bridgehead atoms. The Kier molecular flexibility index (Phi) is 7.27. The maximum absolute atomic E-state index is 13.9. The molecule has 1 fully saturated rings. The number of imide groups is 1. The molecule has 6 rings (SSSR count). The van der Waals surface area contributed by atoms with E-state index in [1.807, 2.05) is 19.1 Å². The molecular formula is C29H20Cl2FN3O4S2. The molecule has 1 N–H and O–H groups in total. The zero-order chi connectivity index (χ0) is 29.0. The number of carbonyl (C=O) groups is 3. The maximum atomic E-state index is 13.9. The second-order valence-corrected chi connectivity index (χ2v) is 12.7. The number of thiazole rings is 1. The number of hydrogen-bond acceptors (Lipinski definition) is 6. The highest BCUT2D eigenvalue weighted by Crippen LogP contribution is 2.53. The Morgan fingerprint density at radius 1 is 0.951 bits per heavy atom. The van der Waals surface area contributed by atoms with Gasteiger partial charge in [-0.1, -0.05) is 76.1 Å². The molecule has 3 atom stereocenters. The van der Waals surface area contributed by atoms with Crippen molar-refractivity contribution in [2.45, 2.75) is 29.7 Å². The standard InChI is InChI=1S/C29H20Cl2FN3O4S2/c1-14-2-9-18(10-3-14)35-26(37)23-22(15-4-6-16(32)7-5-15)25-28(40-24(23)27(35)38)34(29(39)41-25)13-21(36)33-17-8-11-19(30)20(31)12-17/h2-12,22-24H,13H2,1H3,(H,33,36)/t22-,23-,24+/m0/s1. The number of rotatable bonds is 5. The van der Waals surface area contributed by atoms with Crippen molar-refractivity contribution in [2.24, 2.45) is 5.92 Å². The summed E-state index contributed by atoms with van der Waals surface area (Å²) < 4.78 is 15.2. The molecule has 7 nitrogen and oxygen atoms in total. The second kappa shape index (κ2) is 10.8. The number of benzene rings is 3. The summed E-state index contributed by atoms with van der Waals surface area (Å²) in [5.41, 5.74) is 2.45. The molecule has 3 aromatic carbocycles. The van der Waals surface area contributed by atoms with E-state index in [1.165, 1.54) is 27.7 Å². The molecule has 12 heteroatoms. The van der Waals surface area contributed by atoms with E-state index in [1.54, 1.807) is 36.4 Å². The molecule has 3 heterocycles. The third kappa shape index (κ3) is 4.99. The highest BCUT2D eigenvalue weighted by molar-refractivity contribution is 8.00. The molecule has 0 unspecified atom stereocenters. The van der Waals surface area contributed by atoms with Crippen LogP contribution in [0.2, 0.25) is 10.0 Å². The number of halogens is 3. The molecule has 0 saturated carbocycles. The van der Waals surface area contributed by atoms with Crippen molar-refractivity contribution in [3.8, 4) is 0 Å². The first-order valence-electron chi connectivity index (χ1n) is 12.5. The number of nitrogens with zero attached hydrogens (tertiary/aromatic N) is 2. The zero-order valence-electron chi connectivity index (χ0n) is 21.3. The number of amides is 3. The van der Waals surface area contributed by atoms with Crippen LogP contribution in [0.5, 0.6) is 0 Å². The average molecular weight is 629 g/mol. The first-order valence-corrected chi connectivity index (χ1v) is 14.9. The van der Waals surface area contributed by atoms with Crippen molar-refractivity contribution < 1.29 is 18.8 Å². The molecule has 1 saturated heterocycles. The Labute approximate surface area is 251 Å². The predicted molar refractivity (Wildman–Crippen MR) is 159 cm³/mol. The van der Waals surface area contributed by atoms with Gasteiger partial charge in [-0.25, -0.2) is 9.29 Å². The summed E-state index contributed by atoms with van der Waals surface area (Å²) in [6.07, 6.45) is 0. The lowest BCUT2D eigenvalue weighted by molar-refractivity contribution is -0.122. The topological polar surface area (TPSA) is 88.5 Å². The van der Waals surface area contributed by atoms with E-state index in [9.17, 15) is 23.6 Å². The number of nitrogens with one attached hydrogen (secondary N) is 1. The average Bonchev–Trinajstić information content (AvgIpc) is 3.38. The van der Waals surface area contributed by atoms with Crippen molar-refractivity contribution in [1.82, 2.24) is 4.57 Å². The fraction of sp³-hybridized carbons (Fsp3) is 0.172. The lowest BCUT2D eigenvalue weighted by Crippen LogP contribution is -2.33. The van der Waals surface area contributed by atoms with Gasteiger partial charge in [-0.05, 0) is 55.0 Å². The summed E-state index contributed by atoms with van der Waals surface area (Å²) in [6.45, 7) is 1.59. The van der Waals surface area contributed by atoms with Gasteiger partial charge in [-0.3, -0.25) is 23.7 Å². The fourth-order valence-corrected chi connectivity index (χ4v) is 8.22. The second-order valence-electron chi connectivity index (χ2n) is 9.74. The summed E-state index contributed by atoms with van der Waals surface area (Å²) in [5.74, 6) is -3.22. The summed E-state index contributed by atoms with van der Waals surface area (Å²) >= 11 is 14.1. The van der Waals surface area contributed by atoms with E-state index in [2.05, 4.69) is 5.32 Å². The van der Waals surface area contributed by atoms with Crippen LogP contribution < -0.4 is 15.1 Å². The number of aromatic nitrogens is 1. The van der Waals surface area contributed by atoms with E-state index >= 15 is 0 Å². The smallest absolute Gasteiger partial charge is 0.308 e. The van der Waals surface area contributed by atoms with Crippen LogP contribution in [0.3, 0.4) is 0 Å². The molecule has 208 valence electrons. The number of carbonyl (C=O) groups excluding carboxylic acids is 3. The normalized spacial score (nSPS) is 19.7. The largest absolute Gasteiger partial charge is 0.324 e. The Morgan fingerprint density at radius 3 is 2.34 bits per heavy atom. The molecule has 41 heavy (non-hydrogen) atoms. The van der Waals surface area contributed by atoms with Crippen molar-refractivity contribution in [2.75, 3.05) is 10.2 Å². The van der Waals surface area contributed by atoms with Crippen LogP contribution in [0.4, 0.5) is 15.8 Å². The summed E-state index contributed by atoms with van der Waals surface area (Å²) in [4.78, 5) is 55.2. The Balaban J connectivity index is 1.40. The SMILES string of the molecule is Cc1ccc(N2C(=O)[C@H]3[C@H](c4ccc(F)cc4)c4sc(=O)n(CC(=O)Nc5ccc(Cl)c(Cl)c5)c4S[C@H]3C2=O)cc1. The molecule has 3 amide bonds. The van der Waals surface area contributed by atoms with Crippen LogP contribution in [-0.4, -0.2) is 27.5 Å². The van der Waals surface area contributed by atoms with Gasteiger partial charge in [0.15, 0.2) is 0 Å². The Hall–Kier alpha value is -3.44. The van der Waals surface area contributed by atoms with Gasteiger partial charge in [-0.15, -0.1) is 0 Å². The highest BCUT2D eigenvalue weighted by Gasteiger charge is 2.56. The van der Waals surface area contributed by atoms with Gasteiger partial charge in [0.1, 0.15) is 17.6 Å². The maximum Gasteiger partial charge on any atom is 0.308 e. The van der Waals surface area contributed by atoms with Gasteiger partial charge < -0.3 is 5.32 Å². The minimum atomic E-state index is -0.843. The van der Waals surface area contributed by atoms with E-state index in [-0.39, 0.29) is 17.5 Å². The van der Waals surface area contributed by atoms with Gasteiger partial charge >= 0.3 is 4.87 Å². The van der Waals surface area contributed by atoms with Crippen LogP contribution >= 0.6 is 46.3 Å².